The molecule has 212 valence electrons. The molecule has 1 N–H and O–H groups in total. The highest BCUT2D eigenvalue weighted by molar-refractivity contribution is 5.44. The van der Waals surface area contributed by atoms with Crippen LogP contribution in [0.15, 0.2) is 91.4 Å². The highest BCUT2D eigenvalue weighted by Crippen LogP contribution is 2.46. The molecule has 0 amide bonds. The Bertz CT molecular complexity index is 1720. The van der Waals surface area contributed by atoms with Gasteiger partial charge in [-0.25, -0.2) is 13.5 Å². The average Bonchev–Trinajstić information content (AvgIpc) is 3.49. The zero-order valence-electron chi connectivity index (χ0n) is 22.2. The molecule has 1 unspecified atom stereocenters. The maximum atomic E-state index is 15.9. The standard InChI is InChI=1S/C31H23F4N5O2/c1-21-2-4-24(5-3-21)18-42-26-12-8-22(9-13-26)6-7-23-10-15-29(36-17-23)31(34,35)30(41,19-40-20-37-38-39-40)27-14-11-25(32)16-28(27)33/h2-5,8-17,20,41H,18-19H2,1H3. The molecule has 0 aliphatic carbocycles. The maximum absolute atomic E-state index is 15.9. The van der Waals surface area contributed by atoms with Gasteiger partial charge in [-0.1, -0.05) is 41.7 Å². The Morgan fingerprint density at radius 3 is 2.26 bits per heavy atom. The minimum absolute atomic E-state index is 0.325. The molecule has 0 spiro atoms. The van der Waals surface area contributed by atoms with E-state index in [0.29, 0.717) is 29.5 Å². The minimum atomic E-state index is -4.15. The Kier molecular flexibility index (Phi) is 7.99. The second-order valence-electron chi connectivity index (χ2n) is 9.55. The summed E-state index contributed by atoms with van der Waals surface area (Å²) in [6.07, 6.45) is 2.10. The summed E-state index contributed by atoms with van der Waals surface area (Å²) in [5.41, 5.74) is -1.72. The van der Waals surface area contributed by atoms with Crippen molar-refractivity contribution in [3.8, 4) is 17.6 Å². The van der Waals surface area contributed by atoms with Crippen molar-refractivity contribution in [2.75, 3.05) is 0 Å². The van der Waals surface area contributed by atoms with E-state index in [1.807, 2.05) is 31.2 Å². The number of aryl methyl sites for hydroxylation is 1. The van der Waals surface area contributed by atoms with Crippen LogP contribution in [-0.2, 0) is 24.7 Å². The third-order valence-electron chi connectivity index (χ3n) is 6.50. The summed E-state index contributed by atoms with van der Waals surface area (Å²) in [6.45, 7) is 1.50. The fourth-order valence-corrected chi connectivity index (χ4v) is 4.16. The summed E-state index contributed by atoms with van der Waals surface area (Å²) in [7, 11) is 0. The molecule has 3 aromatic carbocycles. The lowest BCUT2D eigenvalue weighted by Crippen LogP contribution is -2.48. The zero-order chi connectivity index (χ0) is 29.7. The lowest BCUT2D eigenvalue weighted by Gasteiger charge is -2.35. The predicted octanol–water partition coefficient (Wildman–Crippen LogP) is 5.31. The van der Waals surface area contributed by atoms with Gasteiger partial charge < -0.3 is 9.84 Å². The van der Waals surface area contributed by atoms with E-state index in [2.05, 4.69) is 32.4 Å². The number of hydrogen-bond acceptors (Lipinski definition) is 6. The Labute approximate surface area is 238 Å². The predicted molar refractivity (Wildman–Crippen MR) is 144 cm³/mol. The minimum Gasteiger partial charge on any atom is -0.489 e. The SMILES string of the molecule is Cc1ccc(COc2ccc(C#Cc3ccc(C(F)(F)C(O)(Cn4cnnn4)c4ccc(F)cc4F)nc3)cc2)cc1. The van der Waals surface area contributed by atoms with E-state index >= 15 is 8.78 Å². The number of pyridine rings is 1. The van der Waals surface area contributed by atoms with E-state index < -0.39 is 41.0 Å². The van der Waals surface area contributed by atoms with Crippen LogP contribution in [0, 0.1) is 30.4 Å². The monoisotopic (exact) mass is 573 g/mol. The average molecular weight is 574 g/mol. The molecule has 5 rings (SSSR count). The van der Waals surface area contributed by atoms with Gasteiger partial charge in [-0.2, -0.15) is 8.78 Å². The van der Waals surface area contributed by atoms with E-state index in [0.717, 1.165) is 41.0 Å². The van der Waals surface area contributed by atoms with Gasteiger partial charge in [-0.3, -0.25) is 4.98 Å². The van der Waals surface area contributed by atoms with Gasteiger partial charge in [0, 0.05) is 29.0 Å². The number of aliphatic hydroxyl groups is 1. The van der Waals surface area contributed by atoms with Crippen LogP contribution < -0.4 is 4.74 Å². The van der Waals surface area contributed by atoms with Gasteiger partial charge in [0.25, 0.3) is 0 Å². The molecular weight excluding hydrogens is 550 g/mol. The number of alkyl halides is 2. The van der Waals surface area contributed by atoms with E-state index in [1.165, 1.54) is 11.6 Å². The molecule has 0 radical (unpaired) electrons. The van der Waals surface area contributed by atoms with Crippen molar-refractivity contribution in [3.05, 3.63) is 137 Å². The van der Waals surface area contributed by atoms with Gasteiger partial charge >= 0.3 is 5.92 Å². The molecule has 0 saturated carbocycles. The van der Waals surface area contributed by atoms with Crippen LogP contribution in [0.4, 0.5) is 17.6 Å². The third kappa shape index (κ3) is 6.14. The van der Waals surface area contributed by atoms with Crippen molar-refractivity contribution in [2.45, 2.75) is 31.6 Å². The van der Waals surface area contributed by atoms with Crippen molar-refractivity contribution in [1.82, 2.24) is 25.2 Å². The first-order valence-corrected chi connectivity index (χ1v) is 12.7. The van der Waals surface area contributed by atoms with Gasteiger partial charge in [0.05, 0.1) is 6.54 Å². The van der Waals surface area contributed by atoms with Gasteiger partial charge in [-0.05, 0) is 71.4 Å². The number of aromatic nitrogens is 5. The summed E-state index contributed by atoms with van der Waals surface area (Å²) in [4.78, 5) is 3.81. The molecule has 0 fully saturated rings. The van der Waals surface area contributed by atoms with Crippen LogP contribution >= 0.6 is 0 Å². The smallest absolute Gasteiger partial charge is 0.323 e. The topological polar surface area (TPSA) is 86.0 Å². The molecule has 42 heavy (non-hydrogen) atoms. The normalized spacial score (nSPS) is 12.7. The van der Waals surface area contributed by atoms with E-state index in [4.69, 9.17) is 4.74 Å². The highest BCUT2D eigenvalue weighted by Gasteiger charge is 2.58. The van der Waals surface area contributed by atoms with E-state index in [9.17, 15) is 13.9 Å². The Hall–Kier alpha value is -5.08. The molecule has 1 atom stereocenters. The first-order valence-electron chi connectivity index (χ1n) is 12.7. The van der Waals surface area contributed by atoms with Crippen molar-refractivity contribution in [2.24, 2.45) is 0 Å². The molecule has 11 heteroatoms. The lowest BCUT2D eigenvalue weighted by atomic mass is 9.84. The van der Waals surface area contributed by atoms with Crippen LogP contribution in [0.1, 0.15) is 33.5 Å². The van der Waals surface area contributed by atoms with Gasteiger partial charge in [-0.15, -0.1) is 5.10 Å². The van der Waals surface area contributed by atoms with Crippen molar-refractivity contribution < 1.29 is 27.4 Å². The maximum Gasteiger partial charge on any atom is 0.323 e. The first-order chi connectivity index (χ1) is 20.1. The second kappa shape index (κ2) is 11.8. The number of hydrogen-bond donors (Lipinski definition) is 1. The number of nitrogens with zero attached hydrogens (tertiary/aromatic N) is 5. The Balaban J connectivity index is 1.33. The fourth-order valence-electron chi connectivity index (χ4n) is 4.16. The van der Waals surface area contributed by atoms with Crippen LogP contribution in [0.5, 0.6) is 5.75 Å². The first kappa shape index (κ1) is 28.4. The van der Waals surface area contributed by atoms with Gasteiger partial charge in [0.2, 0.25) is 0 Å². The second-order valence-corrected chi connectivity index (χ2v) is 9.55. The largest absolute Gasteiger partial charge is 0.489 e. The molecule has 5 aromatic rings. The van der Waals surface area contributed by atoms with Crippen molar-refractivity contribution in [3.63, 3.8) is 0 Å². The molecule has 0 bridgehead atoms. The number of rotatable bonds is 8. The number of ether oxygens (including phenoxy) is 1. The van der Waals surface area contributed by atoms with Crippen LogP contribution in [0.2, 0.25) is 0 Å². The van der Waals surface area contributed by atoms with Gasteiger partial charge in [0.1, 0.15) is 36.0 Å². The number of benzene rings is 3. The summed E-state index contributed by atoms with van der Waals surface area (Å²) < 4.78 is 66.5. The molecule has 0 saturated heterocycles. The number of tetrazole rings is 1. The summed E-state index contributed by atoms with van der Waals surface area (Å²) in [5.74, 6) is -0.0565. The molecule has 2 heterocycles. The Morgan fingerprint density at radius 1 is 0.905 bits per heavy atom. The lowest BCUT2D eigenvalue weighted by molar-refractivity contribution is -0.207. The molecule has 2 aromatic heterocycles. The fraction of sp³-hybridized carbons (Fsp3) is 0.161. The van der Waals surface area contributed by atoms with Crippen LogP contribution in [-0.4, -0.2) is 30.3 Å². The van der Waals surface area contributed by atoms with Crippen molar-refractivity contribution >= 4 is 0 Å². The summed E-state index contributed by atoms with van der Waals surface area (Å²) in [5, 5.41) is 21.5. The van der Waals surface area contributed by atoms with Crippen LogP contribution in [0.3, 0.4) is 0 Å². The van der Waals surface area contributed by atoms with Crippen molar-refractivity contribution in [1.29, 1.82) is 0 Å². The third-order valence-corrected chi connectivity index (χ3v) is 6.50. The molecular formula is C31H23F4N5O2. The van der Waals surface area contributed by atoms with E-state index in [1.54, 1.807) is 24.3 Å². The summed E-state index contributed by atoms with van der Waals surface area (Å²) >= 11 is 0. The zero-order valence-corrected chi connectivity index (χ0v) is 22.2. The number of halogens is 4. The molecule has 0 aliphatic heterocycles. The molecule has 0 aliphatic rings. The summed E-state index contributed by atoms with van der Waals surface area (Å²) in [6, 6.07) is 19.3. The Morgan fingerprint density at radius 2 is 1.62 bits per heavy atom. The van der Waals surface area contributed by atoms with Crippen LogP contribution in [0.25, 0.3) is 0 Å². The quantitative estimate of drug-likeness (QED) is 0.200. The van der Waals surface area contributed by atoms with E-state index in [-0.39, 0.29) is 0 Å². The molecule has 7 nitrogen and oxygen atoms in total. The van der Waals surface area contributed by atoms with Gasteiger partial charge in [0.15, 0.2) is 5.60 Å². The highest BCUT2D eigenvalue weighted by atomic mass is 19.3.